The van der Waals surface area contributed by atoms with E-state index in [1.807, 2.05) is 0 Å². The summed E-state index contributed by atoms with van der Waals surface area (Å²) in [4.78, 5) is 11.9. The maximum atomic E-state index is 10.6. The Kier molecular flexibility index (Phi) is 4.88. The zero-order chi connectivity index (χ0) is 12.1. The molecule has 1 aromatic heterocycles. The van der Waals surface area contributed by atoms with Gasteiger partial charge in [-0.2, -0.15) is 0 Å². The monoisotopic (exact) mass is 245 g/mol. The van der Waals surface area contributed by atoms with E-state index in [0.717, 1.165) is 4.88 Å². The van der Waals surface area contributed by atoms with Crippen LogP contribution < -0.4 is 5.32 Å². The van der Waals surface area contributed by atoms with Gasteiger partial charge in [0.25, 0.3) is 0 Å². The van der Waals surface area contributed by atoms with Crippen LogP contribution in [0.5, 0.6) is 0 Å². The van der Waals surface area contributed by atoms with Crippen molar-refractivity contribution in [3.8, 4) is 0 Å². The molecule has 0 aliphatic rings. The molecule has 0 aliphatic heterocycles. The molecule has 0 bridgehead atoms. The summed E-state index contributed by atoms with van der Waals surface area (Å²) in [5, 5.41) is 30.6. The molecule has 0 aromatic carbocycles. The number of carbonyl (C=O) groups excluding carboxylic acids is 1. The minimum absolute atomic E-state index is 0.00284. The number of amides is 1. The Hall–Kier alpha value is -0.950. The third-order valence-corrected chi connectivity index (χ3v) is 3.20. The minimum Gasteiger partial charge on any atom is -0.391 e. The van der Waals surface area contributed by atoms with Gasteiger partial charge >= 0.3 is 0 Å². The summed E-state index contributed by atoms with van der Waals surface area (Å²) >= 11 is 1.23. The van der Waals surface area contributed by atoms with Crippen molar-refractivity contribution in [2.45, 2.75) is 25.7 Å². The van der Waals surface area contributed by atoms with Gasteiger partial charge in [0, 0.05) is 23.2 Å². The van der Waals surface area contributed by atoms with E-state index in [-0.39, 0.29) is 19.1 Å². The van der Waals surface area contributed by atoms with Crippen LogP contribution in [0.25, 0.3) is 0 Å². The van der Waals surface area contributed by atoms with Crippen LogP contribution in [0.3, 0.4) is 0 Å². The molecule has 6 heteroatoms. The van der Waals surface area contributed by atoms with E-state index in [1.54, 1.807) is 12.1 Å². The van der Waals surface area contributed by atoms with Crippen molar-refractivity contribution in [1.82, 2.24) is 5.32 Å². The van der Waals surface area contributed by atoms with Gasteiger partial charge in [-0.15, -0.1) is 11.3 Å². The first-order valence-corrected chi connectivity index (χ1v) is 5.66. The molecule has 1 aromatic rings. The van der Waals surface area contributed by atoms with E-state index in [4.69, 9.17) is 5.11 Å². The second-order valence-corrected chi connectivity index (χ2v) is 4.61. The summed E-state index contributed by atoms with van der Waals surface area (Å²) < 4.78 is 0. The number of hydrogen-bond acceptors (Lipinski definition) is 5. The molecule has 0 spiro atoms. The van der Waals surface area contributed by atoms with E-state index in [2.05, 4.69) is 5.32 Å². The SMILES string of the molecule is CC(=O)NCC(O)C(O)c1ccc(CO)s1. The van der Waals surface area contributed by atoms with Crippen molar-refractivity contribution in [3.05, 3.63) is 21.9 Å². The first-order valence-electron chi connectivity index (χ1n) is 4.84. The molecule has 0 saturated carbocycles. The number of nitrogens with one attached hydrogen (secondary N) is 1. The minimum atomic E-state index is -1.05. The number of rotatable bonds is 5. The summed E-state index contributed by atoms with van der Waals surface area (Å²) in [7, 11) is 0. The van der Waals surface area contributed by atoms with Crippen LogP contribution in [0.2, 0.25) is 0 Å². The van der Waals surface area contributed by atoms with Crippen molar-refractivity contribution in [3.63, 3.8) is 0 Å². The second-order valence-electron chi connectivity index (χ2n) is 3.41. The van der Waals surface area contributed by atoms with Crippen LogP contribution >= 0.6 is 11.3 Å². The molecule has 0 saturated heterocycles. The Bertz CT molecular complexity index is 352. The lowest BCUT2D eigenvalue weighted by Crippen LogP contribution is -2.33. The van der Waals surface area contributed by atoms with Gasteiger partial charge < -0.3 is 20.6 Å². The van der Waals surface area contributed by atoms with Crippen LogP contribution in [0, 0.1) is 0 Å². The molecular formula is C10H15NO4S. The molecule has 2 atom stereocenters. The van der Waals surface area contributed by atoms with Crippen LogP contribution in [0.15, 0.2) is 12.1 Å². The summed E-state index contributed by atoms with van der Waals surface area (Å²) in [6.07, 6.45) is -2.09. The fourth-order valence-electron chi connectivity index (χ4n) is 1.19. The molecule has 5 nitrogen and oxygen atoms in total. The normalized spacial score (nSPS) is 14.5. The first kappa shape index (κ1) is 13.1. The third kappa shape index (κ3) is 3.57. The maximum Gasteiger partial charge on any atom is 0.216 e. The van der Waals surface area contributed by atoms with Crippen molar-refractivity contribution < 1.29 is 20.1 Å². The van der Waals surface area contributed by atoms with Crippen LogP contribution in [-0.4, -0.2) is 33.9 Å². The van der Waals surface area contributed by atoms with Gasteiger partial charge in [0.1, 0.15) is 12.2 Å². The summed E-state index contributed by atoms with van der Waals surface area (Å²) in [6.45, 7) is 1.26. The summed E-state index contributed by atoms with van der Waals surface area (Å²) in [5.41, 5.74) is 0. The Labute approximate surface area is 97.4 Å². The largest absolute Gasteiger partial charge is 0.391 e. The Morgan fingerprint density at radius 2 is 2.19 bits per heavy atom. The number of aliphatic hydroxyl groups is 3. The molecule has 0 fully saturated rings. The Morgan fingerprint density at radius 3 is 2.69 bits per heavy atom. The highest BCUT2D eigenvalue weighted by molar-refractivity contribution is 7.12. The van der Waals surface area contributed by atoms with E-state index in [0.29, 0.717) is 4.88 Å². The van der Waals surface area contributed by atoms with E-state index >= 15 is 0 Å². The average molecular weight is 245 g/mol. The lowest BCUT2D eigenvalue weighted by atomic mass is 10.1. The quantitative estimate of drug-likeness (QED) is 0.577. The predicted octanol–water partition coefficient (Wildman–Crippen LogP) is -0.229. The molecular weight excluding hydrogens is 230 g/mol. The molecule has 1 amide bonds. The van der Waals surface area contributed by atoms with E-state index in [1.165, 1.54) is 18.3 Å². The standard InChI is InChI=1S/C10H15NO4S/c1-6(13)11-4-8(14)10(15)9-3-2-7(5-12)16-9/h2-3,8,10,12,14-15H,4-5H2,1H3,(H,11,13). The second kappa shape index (κ2) is 5.95. The van der Waals surface area contributed by atoms with Crippen molar-refractivity contribution in [2.24, 2.45) is 0 Å². The Balaban J connectivity index is 2.55. The molecule has 0 radical (unpaired) electrons. The fourth-order valence-corrected chi connectivity index (χ4v) is 2.11. The summed E-state index contributed by atoms with van der Waals surface area (Å²) in [6, 6.07) is 3.34. The number of carbonyl (C=O) groups is 1. The highest BCUT2D eigenvalue weighted by atomic mass is 32.1. The number of hydrogen-bond donors (Lipinski definition) is 4. The highest BCUT2D eigenvalue weighted by Gasteiger charge is 2.20. The van der Waals surface area contributed by atoms with Gasteiger partial charge in [-0.25, -0.2) is 0 Å². The van der Waals surface area contributed by atoms with Gasteiger partial charge in [-0.1, -0.05) is 0 Å². The van der Waals surface area contributed by atoms with Crippen LogP contribution in [0.4, 0.5) is 0 Å². The van der Waals surface area contributed by atoms with Gasteiger partial charge in [0.15, 0.2) is 0 Å². The molecule has 2 unspecified atom stereocenters. The molecule has 1 heterocycles. The van der Waals surface area contributed by atoms with E-state index < -0.39 is 12.2 Å². The molecule has 16 heavy (non-hydrogen) atoms. The van der Waals surface area contributed by atoms with Crippen LogP contribution in [0.1, 0.15) is 22.8 Å². The predicted molar refractivity (Wildman–Crippen MR) is 59.9 cm³/mol. The van der Waals surface area contributed by atoms with Gasteiger partial charge in [0.05, 0.1) is 6.61 Å². The van der Waals surface area contributed by atoms with Crippen molar-refractivity contribution in [2.75, 3.05) is 6.54 Å². The molecule has 4 N–H and O–H groups in total. The summed E-state index contributed by atoms with van der Waals surface area (Å²) in [5.74, 6) is -0.256. The highest BCUT2D eigenvalue weighted by Crippen LogP contribution is 2.25. The lowest BCUT2D eigenvalue weighted by Gasteiger charge is -2.16. The maximum absolute atomic E-state index is 10.6. The van der Waals surface area contributed by atoms with Gasteiger partial charge in [-0.3, -0.25) is 4.79 Å². The van der Waals surface area contributed by atoms with Crippen molar-refractivity contribution >= 4 is 17.2 Å². The third-order valence-electron chi connectivity index (χ3n) is 2.05. The number of thiophene rings is 1. The smallest absolute Gasteiger partial charge is 0.216 e. The Morgan fingerprint density at radius 1 is 1.50 bits per heavy atom. The van der Waals surface area contributed by atoms with Crippen LogP contribution in [-0.2, 0) is 11.4 Å². The fraction of sp³-hybridized carbons (Fsp3) is 0.500. The number of aliphatic hydroxyl groups excluding tert-OH is 3. The topological polar surface area (TPSA) is 89.8 Å². The first-order chi connectivity index (χ1) is 7.54. The van der Waals surface area contributed by atoms with Gasteiger partial charge in [-0.05, 0) is 12.1 Å². The van der Waals surface area contributed by atoms with Crippen molar-refractivity contribution in [1.29, 1.82) is 0 Å². The zero-order valence-corrected chi connectivity index (χ0v) is 9.70. The van der Waals surface area contributed by atoms with E-state index in [9.17, 15) is 15.0 Å². The zero-order valence-electron chi connectivity index (χ0n) is 8.88. The molecule has 1 rings (SSSR count). The van der Waals surface area contributed by atoms with Gasteiger partial charge in [0.2, 0.25) is 5.91 Å². The average Bonchev–Trinajstić information content (AvgIpc) is 2.73. The lowest BCUT2D eigenvalue weighted by molar-refractivity contribution is -0.119. The molecule has 0 aliphatic carbocycles. The molecule has 90 valence electrons.